The Morgan fingerprint density at radius 2 is 1.77 bits per heavy atom. The second kappa shape index (κ2) is 9.73. The van der Waals surface area contributed by atoms with Crippen LogP contribution in [0.25, 0.3) is 5.69 Å². The van der Waals surface area contributed by atoms with Crippen LogP contribution in [0.1, 0.15) is 47.2 Å². The standard InChI is InChI=1S/C23H33ClN4O3/c1-8-27(21(30)23(5,6)15-24)14-20(29)25-19-13-18(22(2,3)4)26-28(19)16-9-11-17(31-7)12-10-16/h9-13H,8,14-15H2,1-7H3,(H,25,29). The van der Waals surface area contributed by atoms with E-state index in [-0.39, 0.29) is 29.7 Å². The molecule has 0 aliphatic heterocycles. The van der Waals surface area contributed by atoms with E-state index in [9.17, 15) is 9.59 Å². The van der Waals surface area contributed by atoms with Crippen LogP contribution in [0.4, 0.5) is 5.82 Å². The monoisotopic (exact) mass is 448 g/mol. The molecule has 1 N–H and O–H groups in total. The van der Waals surface area contributed by atoms with Gasteiger partial charge in [0.1, 0.15) is 11.6 Å². The molecule has 1 heterocycles. The topological polar surface area (TPSA) is 76.5 Å². The van der Waals surface area contributed by atoms with Gasteiger partial charge in [-0.05, 0) is 45.0 Å². The third kappa shape index (κ3) is 6.00. The van der Waals surface area contributed by atoms with Crippen LogP contribution in [0.3, 0.4) is 0 Å². The summed E-state index contributed by atoms with van der Waals surface area (Å²) in [6.07, 6.45) is 0. The smallest absolute Gasteiger partial charge is 0.245 e. The van der Waals surface area contributed by atoms with Gasteiger partial charge in [-0.1, -0.05) is 20.8 Å². The number of likely N-dealkylation sites (N-methyl/N-ethyl adjacent to an activating group) is 1. The zero-order valence-electron chi connectivity index (χ0n) is 19.5. The molecule has 0 bridgehead atoms. The highest BCUT2D eigenvalue weighted by atomic mass is 35.5. The number of benzene rings is 1. The molecular formula is C23H33ClN4O3. The van der Waals surface area contributed by atoms with E-state index in [1.807, 2.05) is 37.3 Å². The number of halogens is 1. The molecule has 0 radical (unpaired) electrons. The molecule has 2 rings (SSSR count). The summed E-state index contributed by atoms with van der Waals surface area (Å²) in [5.74, 6) is 1.01. The average Bonchev–Trinajstić information content (AvgIpc) is 3.15. The lowest BCUT2D eigenvalue weighted by molar-refractivity contribution is -0.141. The highest BCUT2D eigenvalue weighted by molar-refractivity contribution is 6.19. The molecule has 0 unspecified atom stereocenters. The Morgan fingerprint density at radius 1 is 1.16 bits per heavy atom. The summed E-state index contributed by atoms with van der Waals surface area (Å²) in [5.41, 5.74) is 0.693. The summed E-state index contributed by atoms with van der Waals surface area (Å²) in [5, 5.41) is 7.63. The quantitative estimate of drug-likeness (QED) is 0.613. The van der Waals surface area contributed by atoms with Crippen molar-refractivity contribution in [3.8, 4) is 11.4 Å². The van der Waals surface area contributed by atoms with Crippen LogP contribution in [0.5, 0.6) is 5.75 Å². The number of nitrogens with one attached hydrogen (secondary N) is 1. The van der Waals surface area contributed by atoms with Crippen molar-refractivity contribution in [3.63, 3.8) is 0 Å². The molecule has 2 aromatic rings. The van der Waals surface area contributed by atoms with Crippen molar-refractivity contribution in [2.24, 2.45) is 5.41 Å². The van der Waals surface area contributed by atoms with Gasteiger partial charge in [-0.3, -0.25) is 9.59 Å². The van der Waals surface area contributed by atoms with Gasteiger partial charge in [0.05, 0.1) is 30.5 Å². The summed E-state index contributed by atoms with van der Waals surface area (Å²) in [6, 6.07) is 9.29. The Morgan fingerprint density at radius 3 is 2.26 bits per heavy atom. The number of anilines is 1. The van der Waals surface area contributed by atoms with E-state index in [0.29, 0.717) is 12.4 Å². The third-order valence-corrected chi connectivity index (χ3v) is 5.65. The van der Waals surface area contributed by atoms with Crippen molar-refractivity contribution in [1.82, 2.24) is 14.7 Å². The van der Waals surface area contributed by atoms with Crippen LogP contribution < -0.4 is 10.1 Å². The Bertz CT molecular complexity index is 914. The second-order valence-corrected chi connectivity index (χ2v) is 9.43. The summed E-state index contributed by atoms with van der Waals surface area (Å²) < 4.78 is 6.92. The van der Waals surface area contributed by atoms with E-state index in [0.717, 1.165) is 17.1 Å². The number of aromatic nitrogens is 2. The maximum absolute atomic E-state index is 12.8. The Kier molecular flexibility index (Phi) is 7.76. The van der Waals surface area contributed by atoms with Crippen LogP contribution in [-0.4, -0.2) is 52.6 Å². The summed E-state index contributed by atoms with van der Waals surface area (Å²) >= 11 is 5.94. The van der Waals surface area contributed by atoms with E-state index in [4.69, 9.17) is 21.4 Å². The number of nitrogens with zero attached hydrogens (tertiary/aromatic N) is 3. The minimum Gasteiger partial charge on any atom is -0.497 e. The highest BCUT2D eigenvalue weighted by Gasteiger charge is 2.31. The lowest BCUT2D eigenvalue weighted by Gasteiger charge is -2.29. The first-order chi connectivity index (χ1) is 14.4. The van der Waals surface area contributed by atoms with E-state index >= 15 is 0 Å². The van der Waals surface area contributed by atoms with Crippen LogP contribution in [0.2, 0.25) is 0 Å². The van der Waals surface area contributed by atoms with Gasteiger partial charge in [0, 0.05) is 23.9 Å². The van der Waals surface area contributed by atoms with Crippen molar-refractivity contribution in [2.75, 3.05) is 31.4 Å². The fraction of sp³-hybridized carbons (Fsp3) is 0.522. The number of alkyl halides is 1. The van der Waals surface area contributed by atoms with Gasteiger partial charge < -0.3 is 15.0 Å². The molecule has 0 aliphatic rings. The molecule has 2 amide bonds. The molecule has 31 heavy (non-hydrogen) atoms. The van der Waals surface area contributed by atoms with Gasteiger partial charge >= 0.3 is 0 Å². The Hall–Kier alpha value is -2.54. The normalized spacial score (nSPS) is 11.9. The fourth-order valence-electron chi connectivity index (χ4n) is 2.93. The largest absolute Gasteiger partial charge is 0.497 e. The predicted molar refractivity (Wildman–Crippen MR) is 124 cm³/mol. The number of amides is 2. The average molecular weight is 449 g/mol. The van der Waals surface area contributed by atoms with Gasteiger partial charge in [0.2, 0.25) is 11.8 Å². The van der Waals surface area contributed by atoms with E-state index in [1.54, 1.807) is 25.6 Å². The minimum absolute atomic E-state index is 0.0612. The first-order valence-electron chi connectivity index (χ1n) is 10.3. The van der Waals surface area contributed by atoms with Crippen LogP contribution in [0.15, 0.2) is 30.3 Å². The van der Waals surface area contributed by atoms with Crippen LogP contribution in [-0.2, 0) is 15.0 Å². The van der Waals surface area contributed by atoms with E-state index in [2.05, 4.69) is 26.1 Å². The fourth-order valence-corrected chi connectivity index (χ4v) is 3.04. The zero-order valence-corrected chi connectivity index (χ0v) is 20.2. The number of carbonyl (C=O) groups is 2. The summed E-state index contributed by atoms with van der Waals surface area (Å²) in [4.78, 5) is 27.1. The van der Waals surface area contributed by atoms with Crippen LogP contribution >= 0.6 is 11.6 Å². The first kappa shape index (κ1) is 24.7. The number of ether oxygens (including phenoxy) is 1. The molecule has 170 valence electrons. The number of rotatable bonds is 8. The number of carbonyl (C=O) groups excluding carboxylic acids is 2. The number of methoxy groups -OCH3 is 1. The maximum Gasteiger partial charge on any atom is 0.245 e. The molecule has 0 atom stereocenters. The molecule has 0 saturated heterocycles. The molecule has 0 spiro atoms. The number of hydrogen-bond acceptors (Lipinski definition) is 4. The first-order valence-corrected chi connectivity index (χ1v) is 10.9. The second-order valence-electron chi connectivity index (χ2n) is 9.16. The van der Waals surface area contributed by atoms with Crippen molar-refractivity contribution in [1.29, 1.82) is 0 Å². The maximum atomic E-state index is 12.8. The van der Waals surface area contributed by atoms with Gasteiger partial charge in [0.25, 0.3) is 0 Å². The van der Waals surface area contributed by atoms with E-state index in [1.165, 1.54) is 4.90 Å². The molecule has 0 aliphatic carbocycles. The summed E-state index contributed by atoms with van der Waals surface area (Å²) in [6.45, 7) is 11.9. The van der Waals surface area contributed by atoms with Gasteiger partial charge in [-0.25, -0.2) is 4.68 Å². The molecule has 8 heteroatoms. The Balaban J connectivity index is 2.31. The minimum atomic E-state index is -0.734. The molecular weight excluding hydrogens is 416 g/mol. The van der Waals surface area contributed by atoms with Crippen molar-refractivity contribution in [3.05, 3.63) is 36.0 Å². The van der Waals surface area contributed by atoms with Gasteiger partial charge in [-0.15, -0.1) is 11.6 Å². The van der Waals surface area contributed by atoms with Crippen molar-refractivity contribution < 1.29 is 14.3 Å². The lowest BCUT2D eigenvalue weighted by atomic mass is 9.92. The van der Waals surface area contributed by atoms with Crippen molar-refractivity contribution >= 4 is 29.2 Å². The zero-order chi connectivity index (χ0) is 23.4. The van der Waals surface area contributed by atoms with E-state index < -0.39 is 5.41 Å². The highest BCUT2D eigenvalue weighted by Crippen LogP contribution is 2.27. The van der Waals surface area contributed by atoms with Crippen molar-refractivity contribution in [2.45, 2.75) is 47.0 Å². The molecule has 1 aromatic heterocycles. The third-order valence-electron chi connectivity index (χ3n) is 4.98. The van der Waals surface area contributed by atoms with Gasteiger partial charge in [0.15, 0.2) is 0 Å². The number of hydrogen-bond donors (Lipinski definition) is 1. The SMILES string of the molecule is CCN(CC(=O)Nc1cc(C(C)(C)C)nn1-c1ccc(OC)cc1)C(=O)C(C)(C)CCl. The van der Waals surface area contributed by atoms with Crippen LogP contribution in [0, 0.1) is 5.41 Å². The molecule has 7 nitrogen and oxygen atoms in total. The molecule has 0 saturated carbocycles. The lowest BCUT2D eigenvalue weighted by Crippen LogP contribution is -2.45. The Labute approximate surface area is 189 Å². The summed E-state index contributed by atoms with van der Waals surface area (Å²) in [7, 11) is 1.61. The predicted octanol–water partition coefficient (Wildman–Crippen LogP) is 4.23. The molecule has 1 aromatic carbocycles. The van der Waals surface area contributed by atoms with Gasteiger partial charge in [-0.2, -0.15) is 5.10 Å². The molecule has 0 fully saturated rings.